The third-order valence-corrected chi connectivity index (χ3v) is 18.3. The standard InChI is InChI=1S/C88H157NO8/c1-6-8-10-12-14-16-18-20-22-24-26-28-30-32-34-36-38-40-41-42-43-44-45-47-49-51-53-55-57-59-61-63-65-67-69-71-73-75-77-79-86(91)97-84(83-96-88(87(92)93)94-81-80-89(3,4)5)82-95-85(90)78-76-74-72-70-68-66-64-62-60-58-56-54-52-50-48-46-39-37-35-33-31-29-27-25-23-21-19-17-15-13-11-9-7-2/h8,10,14,16,20,22,25-28,32,34,38,40,42-43,84,88H,6-7,9,11-13,15,17-19,21,23-24,29-31,33,35-37,39,41,44-83H2,1-5H3/b10-8-,16-14-,22-20-,27-25-,28-26-,34-32-,40-38-,43-42-. The zero-order chi connectivity index (χ0) is 70.4. The van der Waals surface area contributed by atoms with E-state index in [1.54, 1.807) is 0 Å². The van der Waals surface area contributed by atoms with Gasteiger partial charge in [-0.1, -0.05) is 374 Å². The number of unbranched alkanes of at least 4 members (excludes halogenated alkanes) is 46. The maximum atomic E-state index is 13.0. The Labute approximate surface area is 601 Å². The van der Waals surface area contributed by atoms with Crippen molar-refractivity contribution in [3.05, 3.63) is 97.2 Å². The fourth-order valence-electron chi connectivity index (χ4n) is 12.0. The van der Waals surface area contributed by atoms with E-state index in [0.717, 1.165) is 77.0 Å². The molecule has 0 aromatic rings. The van der Waals surface area contributed by atoms with Gasteiger partial charge in [0.1, 0.15) is 13.2 Å². The fourth-order valence-corrected chi connectivity index (χ4v) is 12.0. The minimum absolute atomic E-state index is 0.148. The Kier molecular flexibility index (Phi) is 74.9. The first-order valence-corrected chi connectivity index (χ1v) is 41.4. The normalized spacial score (nSPS) is 13.1. The van der Waals surface area contributed by atoms with Crippen LogP contribution in [0.1, 0.15) is 386 Å². The summed E-state index contributed by atoms with van der Waals surface area (Å²) in [6, 6.07) is 0. The minimum Gasteiger partial charge on any atom is -0.545 e. The van der Waals surface area contributed by atoms with Crippen LogP contribution >= 0.6 is 0 Å². The maximum absolute atomic E-state index is 13.0. The first kappa shape index (κ1) is 93.2. The van der Waals surface area contributed by atoms with Gasteiger partial charge in [0.2, 0.25) is 0 Å². The Morgan fingerprint density at radius 3 is 0.887 bits per heavy atom. The number of hydrogen-bond donors (Lipinski definition) is 0. The lowest BCUT2D eigenvalue weighted by atomic mass is 10.0. The second-order valence-corrected chi connectivity index (χ2v) is 29.0. The van der Waals surface area contributed by atoms with E-state index in [4.69, 9.17) is 18.9 Å². The van der Waals surface area contributed by atoms with Crippen LogP contribution in [0.5, 0.6) is 0 Å². The van der Waals surface area contributed by atoms with Gasteiger partial charge < -0.3 is 33.3 Å². The third kappa shape index (κ3) is 79.4. The molecule has 0 saturated heterocycles. The molecule has 0 aliphatic heterocycles. The molecular weight excluding hydrogens is 1200 g/mol. The SMILES string of the molecule is CC/C=C\C/C=C\C/C=C\C/C=C\C/C=C\C/C=C\C/C=C\CCCCCCCCCCCCCCCCCCCC(=O)OC(COC(=O)CCCCCCCCCCCCCCCCCCCCCCC/C=C\CCCCCCCCCC)COC(OCC[N+](C)(C)C)C(=O)[O-]. The van der Waals surface area contributed by atoms with Gasteiger partial charge >= 0.3 is 11.9 Å². The Bertz CT molecular complexity index is 1920. The fraction of sp³-hybridized carbons (Fsp3) is 0.784. The Balaban J connectivity index is 3.99. The summed E-state index contributed by atoms with van der Waals surface area (Å²) in [5, 5.41) is 11.9. The van der Waals surface area contributed by atoms with E-state index in [-0.39, 0.29) is 32.2 Å². The molecule has 0 radical (unpaired) electrons. The molecule has 2 atom stereocenters. The second kappa shape index (κ2) is 77.9. The topological polar surface area (TPSA) is 111 Å². The molecule has 562 valence electrons. The average molecular weight is 1360 g/mol. The molecular formula is C88H157NO8. The summed E-state index contributed by atoms with van der Waals surface area (Å²) in [4.78, 5) is 37.6. The van der Waals surface area contributed by atoms with Crippen LogP contribution in [0.4, 0.5) is 0 Å². The van der Waals surface area contributed by atoms with Gasteiger partial charge in [0.05, 0.1) is 40.3 Å². The van der Waals surface area contributed by atoms with E-state index in [9.17, 15) is 19.5 Å². The maximum Gasteiger partial charge on any atom is 0.306 e. The number of allylic oxidation sites excluding steroid dienone is 16. The molecule has 0 spiro atoms. The number of carboxylic acid groups (broad SMARTS) is 1. The van der Waals surface area contributed by atoms with Gasteiger partial charge in [0.25, 0.3) is 0 Å². The summed E-state index contributed by atoms with van der Waals surface area (Å²) in [6.45, 7) is 4.69. The van der Waals surface area contributed by atoms with Crippen molar-refractivity contribution in [1.82, 2.24) is 0 Å². The Morgan fingerprint density at radius 2 is 0.588 bits per heavy atom. The minimum atomic E-state index is -1.62. The lowest BCUT2D eigenvalue weighted by molar-refractivity contribution is -0.870. The monoisotopic (exact) mass is 1360 g/mol. The highest BCUT2D eigenvalue weighted by Gasteiger charge is 2.22. The number of quaternary nitrogens is 1. The molecule has 0 amide bonds. The number of likely N-dealkylation sites (N-methyl/N-ethyl adjacent to an activating group) is 1. The van der Waals surface area contributed by atoms with Gasteiger partial charge in [-0.3, -0.25) is 9.59 Å². The van der Waals surface area contributed by atoms with Crippen molar-refractivity contribution in [3.63, 3.8) is 0 Å². The largest absolute Gasteiger partial charge is 0.545 e. The van der Waals surface area contributed by atoms with Crippen LogP contribution in [0.2, 0.25) is 0 Å². The number of aliphatic carboxylic acids is 1. The summed E-state index contributed by atoms with van der Waals surface area (Å²) >= 11 is 0. The predicted molar refractivity (Wildman–Crippen MR) is 417 cm³/mol. The van der Waals surface area contributed by atoms with Crippen molar-refractivity contribution in [1.29, 1.82) is 0 Å². The lowest BCUT2D eigenvalue weighted by Gasteiger charge is -2.26. The number of carbonyl (C=O) groups is 3. The van der Waals surface area contributed by atoms with Gasteiger partial charge in [0, 0.05) is 12.8 Å². The number of hydrogen-bond acceptors (Lipinski definition) is 8. The van der Waals surface area contributed by atoms with Gasteiger partial charge in [-0.15, -0.1) is 0 Å². The molecule has 0 aliphatic carbocycles. The van der Waals surface area contributed by atoms with Crippen LogP contribution in [0.25, 0.3) is 0 Å². The highest BCUT2D eigenvalue weighted by atomic mass is 16.7. The van der Waals surface area contributed by atoms with Crippen LogP contribution in [0.15, 0.2) is 97.2 Å². The molecule has 0 rings (SSSR count). The smallest absolute Gasteiger partial charge is 0.306 e. The van der Waals surface area contributed by atoms with E-state index in [0.29, 0.717) is 23.9 Å². The van der Waals surface area contributed by atoms with E-state index >= 15 is 0 Å². The quantitative estimate of drug-likeness (QED) is 0.0195. The van der Waals surface area contributed by atoms with Crippen molar-refractivity contribution in [2.24, 2.45) is 0 Å². The summed E-state index contributed by atoms with van der Waals surface area (Å²) in [6.07, 6.45) is 105. The average Bonchev–Trinajstić information content (AvgIpc) is 2.39. The van der Waals surface area contributed by atoms with E-state index < -0.39 is 24.3 Å². The van der Waals surface area contributed by atoms with Gasteiger partial charge in [-0.05, 0) is 96.3 Å². The van der Waals surface area contributed by atoms with E-state index in [1.807, 2.05) is 21.1 Å². The zero-order valence-electron chi connectivity index (χ0n) is 64.4. The van der Waals surface area contributed by atoms with Crippen molar-refractivity contribution in [3.8, 4) is 0 Å². The summed E-state index contributed by atoms with van der Waals surface area (Å²) in [5.41, 5.74) is 0. The van der Waals surface area contributed by atoms with Gasteiger partial charge in [-0.2, -0.15) is 0 Å². The lowest BCUT2D eigenvalue weighted by Crippen LogP contribution is -2.44. The van der Waals surface area contributed by atoms with Gasteiger partial charge in [0.15, 0.2) is 12.4 Å². The molecule has 9 heteroatoms. The number of esters is 2. The molecule has 9 nitrogen and oxygen atoms in total. The molecule has 0 N–H and O–H groups in total. The second-order valence-electron chi connectivity index (χ2n) is 29.0. The molecule has 0 aliphatic rings. The zero-order valence-corrected chi connectivity index (χ0v) is 64.4. The number of carboxylic acids is 1. The summed E-state index contributed by atoms with van der Waals surface area (Å²) in [7, 11) is 5.95. The van der Waals surface area contributed by atoms with Crippen LogP contribution < -0.4 is 5.11 Å². The number of nitrogens with zero attached hydrogens (tertiary/aromatic N) is 1. The molecule has 0 bridgehead atoms. The van der Waals surface area contributed by atoms with Crippen LogP contribution in [-0.4, -0.2) is 82.3 Å². The van der Waals surface area contributed by atoms with Crippen LogP contribution in [0, 0.1) is 0 Å². The molecule has 0 saturated carbocycles. The van der Waals surface area contributed by atoms with Crippen LogP contribution in [0.3, 0.4) is 0 Å². The molecule has 0 aromatic heterocycles. The molecule has 97 heavy (non-hydrogen) atoms. The van der Waals surface area contributed by atoms with Crippen molar-refractivity contribution < 1.29 is 42.9 Å². The summed E-state index contributed by atoms with van der Waals surface area (Å²) in [5.74, 6) is -2.26. The highest BCUT2D eigenvalue weighted by Crippen LogP contribution is 2.19. The Morgan fingerprint density at radius 1 is 0.320 bits per heavy atom. The number of ether oxygens (including phenoxy) is 4. The molecule has 0 heterocycles. The van der Waals surface area contributed by atoms with Crippen molar-refractivity contribution in [2.45, 2.75) is 399 Å². The van der Waals surface area contributed by atoms with E-state index in [2.05, 4.69) is 111 Å². The highest BCUT2D eigenvalue weighted by molar-refractivity contribution is 5.70. The first-order chi connectivity index (χ1) is 47.6. The number of carbonyl (C=O) groups excluding carboxylic acids is 3. The van der Waals surface area contributed by atoms with Gasteiger partial charge in [-0.25, -0.2) is 0 Å². The number of rotatable bonds is 77. The first-order valence-electron chi connectivity index (χ1n) is 41.4. The van der Waals surface area contributed by atoms with Crippen molar-refractivity contribution in [2.75, 3.05) is 47.5 Å². The third-order valence-electron chi connectivity index (χ3n) is 18.3. The van der Waals surface area contributed by atoms with E-state index in [1.165, 1.54) is 276 Å². The van der Waals surface area contributed by atoms with Crippen molar-refractivity contribution >= 4 is 17.9 Å². The predicted octanol–water partition coefficient (Wildman–Crippen LogP) is 25.4. The Hall–Kier alpha value is -3.79. The molecule has 2 unspecified atom stereocenters. The molecule has 0 aromatic carbocycles. The molecule has 0 fully saturated rings. The van der Waals surface area contributed by atoms with Crippen LogP contribution in [-0.2, 0) is 33.3 Å². The summed E-state index contributed by atoms with van der Waals surface area (Å²) < 4.78 is 22.9.